The molecule has 0 saturated heterocycles. The van der Waals surface area contributed by atoms with Gasteiger partial charge in [0.1, 0.15) is 5.82 Å². The summed E-state index contributed by atoms with van der Waals surface area (Å²) < 4.78 is 40.3. The number of benzene rings is 1. The van der Waals surface area contributed by atoms with Crippen LogP contribution in [-0.2, 0) is 16.6 Å². The van der Waals surface area contributed by atoms with Crippen LogP contribution in [0.1, 0.15) is 33.3 Å². The Morgan fingerprint density at radius 3 is 2.43 bits per heavy atom. The summed E-state index contributed by atoms with van der Waals surface area (Å²) in [5.41, 5.74) is 0.584. The molecular formula is C15H25FN2O2S. The van der Waals surface area contributed by atoms with E-state index in [0.29, 0.717) is 12.1 Å². The third-order valence-electron chi connectivity index (χ3n) is 3.79. The maximum Gasteiger partial charge on any atom is 0.243 e. The third-order valence-corrected chi connectivity index (χ3v) is 5.82. The summed E-state index contributed by atoms with van der Waals surface area (Å²) in [6.07, 6.45) is 0. The molecule has 0 aliphatic carbocycles. The molecule has 0 aromatic heterocycles. The van der Waals surface area contributed by atoms with Gasteiger partial charge in [0.15, 0.2) is 0 Å². The number of nitrogens with one attached hydrogen (secondary N) is 1. The van der Waals surface area contributed by atoms with Crippen molar-refractivity contribution in [2.45, 2.75) is 45.2 Å². The minimum Gasteiger partial charge on any atom is -0.313 e. The molecule has 0 fully saturated rings. The Hall–Kier alpha value is -0.980. The Bertz CT molecular complexity index is 573. The monoisotopic (exact) mass is 316 g/mol. The predicted octanol–water partition coefficient (Wildman–Crippen LogP) is 2.60. The van der Waals surface area contributed by atoms with Crippen molar-refractivity contribution in [2.24, 2.45) is 5.92 Å². The SMILES string of the molecule is CCNCc1ccc(F)cc1S(=O)(=O)N(C)C(C)C(C)C. The zero-order chi connectivity index (χ0) is 16.2. The fourth-order valence-corrected chi connectivity index (χ4v) is 3.69. The van der Waals surface area contributed by atoms with Crippen LogP contribution in [0.25, 0.3) is 0 Å². The quantitative estimate of drug-likeness (QED) is 0.841. The number of sulfonamides is 1. The van der Waals surface area contributed by atoms with Gasteiger partial charge in [-0.25, -0.2) is 12.8 Å². The first kappa shape index (κ1) is 18.1. The fourth-order valence-electron chi connectivity index (χ4n) is 1.97. The summed E-state index contributed by atoms with van der Waals surface area (Å²) in [7, 11) is -2.17. The fraction of sp³-hybridized carbons (Fsp3) is 0.600. The van der Waals surface area contributed by atoms with E-state index in [1.165, 1.54) is 16.4 Å². The molecule has 1 aromatic carbocycles. The van der Waals surface area contributed by atoms with E-state index in [2.05, 4.69) is 5.32 Å². The van der Waals surface area contributed by atoms with Gasteiger partial charge in [-0.2, -0.15) is 4.31 Å². The molecule has 1 atom stereocenters. The Balaban J connectivity index is 3.26. The smallest absolute Gasteiger partial charge is 0.243 e. The lowest BCUT2D eigenvalue weighted by molar-refractivity contribution is 0.315. The van der Waals surface area contributed by atoms with Gasteiger partial charge in [-0.15, -0.1) is 0 Å². The third kappa shape index (κ3) is 4.25. The van der Waals surface area contributed by atoms with Crippen LogP contribution in [0.4, 0.5) is 4.39 Å². The van der Waals surface area contributed by atoms with Gasteiger partial charge in [-0.05, 0) is 37.1 Å². The second-order valence-corrected chi connectivity index (χ2v) is 7.50. The van der Waals surface area contributed by atoms with Crippen molar-refractivity contribution < 1.29 is 12.8 Å². The van der Waals surface area contributed by atoms with Gasteiger partial charge in [-0.3, -0.25) is 0 Å². The van der Waals surface area contributed by atoms with Crippen molar-refractivity contribution in [1.29, 1.82) is 0 Å². The van der Waals surface area contributed by atoms with Crippen LogP contribution in [0.15, 0.2) is 23.1 Å². The molecule has 4 nitrogen and oxygen atoms in total. The summed E-state index contributed by atoms with van der Waals surface area (Å²) in [5.74, 6) is -0.366. The molecule has 1 N–H and O–H groups in total. The number of hydrogen-bond donors (Lipinski definition) is 1. The van der Waals surface area contributed by atoms with Gasteiger partial charge in [0.2, 0.25) is 10.0 Å². The Morgan fingerprint density at radius 1 is 1.29 bits per heavy atom. The van der Waals surface area contributed by atoms with Crippen molar-refractivity contribution in [2.75, 3.05) is 13.6 Å². The van der Waals surface area contributed by atoms with Gasteiger partial charge in [0, 0.05) is 19.6 Å². The molecule has 0 aliphatic rings. The first-order valence-electron chi connectivity index (χ1n) is 7.19. The summed E-state index contributed by atoms with van der Waals surface area (Å²) in [6.45, 7) is 8.82. The molecule has 0 spiro atoms. The largest absolute Gasteiger partial charge is 0.313 e. The molecule has 1 aromatic rings. The summed E-state index contributed by atoms with van der Waals surface area (Å²) in [4.78, 5) is 0.0402. The van der Waals surface area contributed by atoms with Crippen molar-refractivity contribution >= 4 is 10.0 Å². The van der Waals surface area contributed by atoms with Crippen molar-refractivity contribution in [3.63, 3.8) is 0 Å². The van der Waals surface area contributed by atoms with Crippen LogP contribution in [0, 0.1) is 11.7 Å². The molecule has 0 bridgehead atoms. The number of hydrogen-bond acceptors (Lipinski definition) is 3. The maximum atomic E-state index is 13.5. The van der Waals surface area contributed by atoms with Crippen LogP contribution < -0.4 is 5.32 Å². The topological polar surface area (TPSA) is 49.4 Å². The second kappa shape index (κ2) is 7.33. The molecule has 1 unspecified atom stereocenters. The van der Waals surface area contributed by atoms with E-state index in [9.17, 15) is 12.8 Å². The van der Waals surface area contributed by atoms with E-state index in [1.807, 2.05) is 27.7 Å². The predicted molar refractivity (Wildman–Crippen MR) is 83.0 cm³/mol. The zero-order valence-electron chi connectivity index (χ0n) is 13.4. The highest BCUT2D eigenvalue weighted by Crippen LogP contribution is 2.24. The molecule has 6 heteroatoms. The van der Waals surface area contributed by atoms with Gasteiger partial charge < -0.3 is 5.32 Å². The first-order valence-corrected chi connectivity index (χ1v) is 8.63. The summed E-state index contributed by atoms with van der Waals surface area (Å²) in [6, 6.07) is 3.76. The molecule has 21 heavy (non-hydrogen) atoms. The van der Waals surface area contributed by atoms with Crippen LogP contribution in [0.5, 0.6) is 0 Å². The van der Waals surface area contributed by atoms with Gasteiger partial charge in [0.05, 0.1) is 4.90 Å². The van der Waals surface area contributed by atoms with E-state index >= 15 is 0 Å². The molecule has 0 heterocycles. The van der Waals surface area contributed by atoms with E-state index in [0.717, 1.165) is 12.6 Å². The molecule has 0 amide bonds. The summed E-state index contributed by atoms with van der Waals surface area (Å²) >= 11 is 0. The molecule has 0 aliphatic heterocycles. The average Bonchev–Trinajstić information content (AvgIpc) is 2.44. The lowest BCUT2D eigenvalue weighted by Gasteiger charge is -2.28. The molecule has 0 radical (unpaired) electrons. The normalized spacial score (nSPS) is 13.9. The maximum absolute atomic E-state index is 13.5. The minimum absolute atomic E-state index is 0.0402. The van der Waals surface area contributed by atoms with E-state index in [1.54, 1.807) is 7.05 Å². The Labute approximate surface area is 127 Å². The lowest BCUT2D eigenvalue weighted by atomic mass is 10.1. The van der Waals surface area contributed by atoms with Gasteiger partial charge in [-0.1, -0.05) is 26.8 Å². The van der Waals surface area contributed by atoms with Crippen molar-refractivity contribution in [3.05, 3.63) is 29.6 Å². The molecule has 0 saturated carbocycles. The molecule has 1 rings (SSSR count). The van der Waals surface area contributed by atoms with Crippen molar-refractivity contribution in [3.8, 4) is 0 Å². The standard InChI is InChI=1S/C15H25FN2O2S/c1-6-17-10-13-7-8-14(16)9-15(13)21(19,20)18(5)12(4)11(2)3/h7-9,11-12,17H,6,10H2,1-5H3. The van der Waals surface area contributed by atoms with Crippen LogP contribution in [-0.4, -0.2) is 32.4 Å². The molecule has 120 valence electrons. The van der Waals surface area contributed by atoms with Crippen LogP contribution in [0.3, 0.4) is 0 Å². The lowest BCUT2D eigenvalue weighted by Crippen LogP contribution is -2.38. The second-order valence-electron chi connectivity index (χ2n) is 5.54. The van der Waals surface area contributed by atoms with Crippen LogP contribution >= 0.6 is 0 Å². The minimum atomic E-state index is -3.71. The van der Waals surface area contributed by atoms with E-state index < -0.39 is 15.8 Å². The van der Waals surface area contributed by atoms with Crippen LogP contribution in [0.2, 0.25) is 0 Å². The summed E-state index contributed by atoms with van der Waals surface area (Å²) in [5, 5.41) is 3.08. The van der Waals surface area contributed by atoms with E-state index in [4.69, 9.17) is 0 Å². The number of halogens is 1. The zero-order valence-corrected chi connectivity index (χ0v) is 14.2. The number of nitrogens with zero attached hydrogens (tertiary/aromatic N) is 1. The highest BCUT2D eigenvalue weighted by Gasteiger charge is 2.29. The van der Waals surface area contributed by atoms with Crippen molar-refractivity contribution in [1.82, 2.24) is 9.62 Å². The van der Waals surface area contributed by atoms with Gasteiger partial charge >= 0.3 is 0 Å². The van der Waals surface area contributed by atoms with E-state index in [-0.39, 0.29) is 16.9 Å². The number of rotatable bonds is 7. The van der Waals surface area contributed by atoms with Gasteiger partial charge in [0.25, 0.3) is 0 Å². The highest BCUT2D eigenvalue weighted by molar-refractivity contribution is 7.89. The Morgan fingerprint density at radius 2 is 1.90 bits per heavy atom. The first-order chi connectivity index (χ1) is 9.71. The molecular weight excluding hydrogens is 291 g/mol. The Kier molecular flexibility index (Phi) is 6.31. The average molecular weight is 316 g/mol. The highest BCUT2D eigenvalue weighted by atomic mass is 32.2.